The van der Waals surface area contributed by atoms with Gasteiger partial charge >= 0.3 is 0 Å². The first kappa shape index (κ1) is 34.8. The van der Waals surface area contributed by atoms with Gasteiger partial charge in [0.15, 0.2) is 0 Å². The van der Waals surface area contributed by atoms with Crippen molar-refractivity contribution in [2.24, 2.45) is 14.1 Å². The fourth-order valence-electron chi connectivity index (χ4n) is 6.69. The highest BCUT2D eigenvalue weighted by molar-refractivity contribution is 5.73. The van der Waals surface area contributed by atoms with E-state index in [2.05, 4.69) is 146 Å². The van der Waals surface area contributed by atoms with Crippen LogP contribution in [0.4, 0.5) is 0 Å². The van der Waals surface area contributed by atoms with Crippen LogP contribution in [0.2, 0.25) is 0 Å². The van der Waals surface area contributed by atoms with Gasteiger partial charge < -0.3 is 27.7 Å². The van der Waals surface area contributed by atoms with Crippen molar-refractivity contribution in [3.05, 3.63) is 145 Å². The molecule has 0 spiro atoms. The first-order chi connectivity index (χ1) is 25.8. The maximum atomic E-state index is 6.58. The summed E-state index contributed by atoms with van der Waals surface area (Å²) in [6.45, 7) is 13.2. The highest BCUT2D eigenvalue weighted by Crippen LogP contribution is 2.34. The second-order valence-electron chi connectivity index (χ2n) is 15.9. The second-order valence-corrected chi connectivity index (χ2v) is 15.9. The highest BCUT2D eigenvalue weighted by atomic mass is 16.5. The van der Waals surface area contributed by atoms with Gasteiger partial charge in [0.05, 0.1) is 58.9 Å². The normalized spacial score (nSPS) is 12.1. The van der Waals surface area contributed by atoms with Gasteiger partial charge in [-0.3, -0.25) is 9.97 Å². The third kappa shape index (κ3) is 6.83. The Bertz CT molecular complexity index is 2490. The van der Waals surface area contributed by atoms with Crippen LogP contribution in [0.25, 0.3) is 44.8 Å². The van der Waals surface area contributed by atoms with Crippen molar-refractivity contribution in [2.45, 2.75) is 52.4 Å². The third-order valence-corrected chi connectivity index (χ3v) is 9.70. The predicted molar refractivity (Wildman–Crippen MR) is 212 cm³/mol. The van der Waals surface area contributed by atoms with Crippen molar-refractivity contribution in [3.63, 3.8) is 0 Å². The maximum absolute atomic E-state index is 6.58. The van der Waals surface area contributed by atoms with Crippen LogP contribution in [0.15, 0.2) is 122 Å². The van der Waals surface area contributed by atoms with Crippen LogP contribution in [-0.4, -0.2) is 19.1 Å². The molecule has 0 N–H and O–H groups in total. The van der Waals surface area contributed by atoms with Crippen LogP contribution < -0.4 is 18.6 Å². The van der Waals surface area contributed by atoms with Crippen LogP contribution in [0, 0.1) is 12.7 Å². The number of nitrogens with zero attached hydrogens (tertiary/aromatic N) is 6. The molecular weight excluding hydrogens is 669 g/mol. The molecule has 4 aromatic heterocycles. The molecule has 270 valence electrons. The molecule has 0 atom stereocenters. The number of aromatic nitrogens is 6. The quantitative estimate of drug-likeness (QED) is 0.122. The van der Waals surface area contributed by atoms with Gasteiger partial charge in [0, 0.05) is 24.5 Å². The Balaban J connectivity index is 1.11. The molecule has 0 bridgehead atoms. The van der Waals surface area contributed by atoms with Gasteiger partial charge in [0.25, 0.3) is 0 Å². The molecule has 0 unspecified atom stereocenters. The number of hydrogen-bond donors (Lipinski definition) is 0. The van der Waals surface area contributed by atoms with Crippen LogP contribution in [0.5, 0.6) is 23.0 Å². The summed E-state index contributed by atoms with van der Waals surface area (Å²) in [7, 11) is 4.03. The van der Waals surface area contributed by atoms with E-state index in [1.165, 1.54) is 0 Å². The lowest BCUT2D eigenvalue weighted by Crippen LogP contribution is -2.30. The molecule has 4 aromatic carbocycles. The lowest BCUT2D eigenvalue weighted by molar-refractivity contribution is -0.573. The fourth-order valence-corrected chi connectivity index (χ4v) is 6.69. The van der Waals surface area contributed by atoms with Gasteiger partial charge in [-0.05, 0) is 58.4 Å². The predicted octanol–water partition coefficient (Wildman–Crippen LogP) is 9.46. The van der Waals surface area contributed by atoms with E-state index in [0.29, 0.717) is 22.9 Å². The van der Waals surface area contributed by atoms with Crippen molar-refractivity contribution in [3.8, 4) is 45.8 Å². The van der Waals surface area contributed by atoms with E-state index in [4.69, 9.17) is 9.47 Å². The molecule has 8 nitrogen and oxygen atoms in total. The number of hydrogen-bond acceptors (Lipinski definition) is 4. The largest absolute Gasteiger partial charge is 0.458 e. The first-order valence-corrected chi connectivity index (χ1v) is 18.2. The molecule has 54 heavy (non-hydrogen) atoms. The Kier molecular flexibility index (Phi) is 8.56. The van der Waals surface area contributed by atoms with Gasteiger partial charge in [-0.25, -0.2) is 0 Å². The van der Waals surface area contributed by atoms with Gasteiger partial charge in [-0.2, -0.15) is 0 Å². The monoisotopic (exact) mass is 712 g/mol. The molecule has 4 heterocycles. The summed E-state index contributed by atoms with van der Waals surface area (Å²) in [6, 6.07) is 36.9. The molecule has 0 saturated heterocycles. The topological polar surface area (TPSA) is 61.9 Å². The number of benzene rings is 4. The molecular formula is C46H44N6O2. The zero-order valence-electron chi connectivity index (χ0n) is 32.0. The number of para-hydroxylation sites is 4. The third-order valence-electron chi connectivity index (χ3n) is 9.70. The summed E-state index contributed by atoms with van der Waals surface area (Å²) in [5, 5.41) is 0. The molecule has 0 radical (unpaired) electrons. The van der Waals surface area contributed by atoms with Crippen LogP contribution in [0.1, 0.15) is 52.7 Å². The summed E-state index contributed by atoms with van der Waals surface area (Å²) in [4.78, 5) is 9.34. The van der Waals surface area contributed by atoms with E-state index in [9.17, 15) is 0 Å². The minimum atomic E-state index is -0.105. The van der Waals surface area contributed by atoms with Gasteiger partial charge in [0.2, 0.25) is 12.7 Å². The van der Waals surface area contributed by atoms with Crippen molar-refractivity contribution in [1.29, 1.82) is 0 Å². The Morgan fingerprint density at radius 2 is 0.907 bits per heavy atom. The molecule has 8 heteroatoms. The number of ether oxygens (including phenoxy) is 2. The van der Waals surface area contributed by atoms with E-state index < -0.39 is 0 Å². The summed E-state index contributed by atoms with van der Waals surface area (Å²) in [5.74, 6) is 2.76. The first-order valence-electron chi connectivity index (χ1n) is 18.2. The Morgan fingerprint density at radius 1 is 0.500 bits per heavy atom. The van der Waals surface area contributed by atoms with Crippen molar-refractivity contribution in [2.75, 3.05) is 0 Å². The Hall–Kier alpha value is -6.28. The number of imidazole rings is 2. The van der Waals surface area contributed by atoms with Crippen molar-refractivity contribution >= 4 is 22.1 Å². The van der Waals surface area contributed by atoms with E-state index in [0.717, 1.165) is 56.1 Å². The van der Waals surface area contributed by atoms with Gasteiger partial charge in [0.1, 0.15) is 23.0 Å². The number of aryl methyl sites for hydroxylation is 2. The number of fused-ring (bicyclic) bond motifs is 2. The molecule has 0 fully saturated rings. The van der Waals surface area contributed by atoms with Gasteiger partial charge in [-0.15, -0.1) is 0 Å². The van der Waals surface area contributed by atoms with E-state index in [-0.39, 0.29) is 10.8 Å². The van der Waals surface area contributed by atoms with Crippen molar-refractivity contribution < 1.29 is 18.6 Å². The lowest BCUT2D eigenvalue weighted by Gasteiger charge is -2.22. The summed E-state index contributed by atoms with van der Waals surface area (Å²) in [6.07, 6.45) is 10.4. The van der Waals surface area contributed by atoms with E-state index >= 15 is 0 Å². The zero-order valence-corrected chi connectivity index (χ0v) is 32.0. The smallest absolute Gasteiger partial charge is 0.244 e. The standard InChI is InChI=1S/C46H44N6O2/c1-45(2,3)31-21-33(51-29-49(7)41-13-9-11-15-43(41)51)25-37(23-31)53-35-17-19-47-39(27-35)40-28-36(18-20-48-40)54-38-24-32(46(4,5)6)22-34(26-38)52-30-50(8)42-14-10-12-16-44(42)52/h9-28H,1-8H3. The minimum Gasteiger partial charge on any atom is -0.458 e. The number of pyridine rings is 2. The number of rotatable bonds is 7. The summed E-state index contributed by atoms with van der Waals surface area (Å²) < 4.78 is 21.4. The average molecular weight is 713 g/mol. The minimum absolute atomic E-state index is 0.105. The summed E-state index contributed by atoms with van der Waals surface area (Å²) >= 11 is 0. The molecule has 0 aliphatic rings. The van der Waals surface area contributed by atoms with Crippen molar-refractivity contribution in [1.82, 2.24) is 19.1 Å². The zero-order chi connectivity index (χ0) is 37.8. The average Bonchev–Trinajstić information content (AvgIpc) is 3.67. The second kappa shape index (κ2) is 13.3. The SMILES string of the molecule is Cn1[c-][n+](-c2cc(Oc3ccnc(-c4cc(Oc5cc(-[n+]6[c-]n(C)c7ccccc76)cc(C(C)(C)C)c5)ccn4)c3)cc(C(C)(C)C)c2)c2ccccc21. The van der Waals surface area contributed by atoms with Crippen LogP contribution >= 0.6 is 0 Å². The highest BCUT2D eigenvalue weighted by Gasteiger charge is 2.20. The van der Waals surface area contributed by atoms with Crippen LogP contribution in [-0.2, 0) is 24.9 Å². The van der Waals surface area contributed by atoms with E-state index in [1.807, 2.05) is 59.6 Å². The Labute approximate surface area is 316 Å². The maximum Gasteiger partial charge on any atom is 0.244 e. The summed E-state index contributed by atoms with van der Waals surface area (Å²) in [5.41, 5.74) is 9.74. The Morgan fingerprint density at radius 3 is 1.31 bits per heavy atom. The van der Waals surface area contributed by atoms with Gasteiger partial charge in [-0.1, -0.05) is 102 Å². The molecule has 0 aliphatic heterocycles. The molecule has 8 aromatic rings. The molecule has 0 amide bonds. The molecule has 0 saturated carbocycles. The molecule has 8 rings (SSSR count). The molecule has 0 aliphatic carbocycles. The fraction of sp³-hybridized carbons (Fsp3) is 0.217. The van der Waals surface area contributed by atoms with E-state index in [1.54, 1.807) is 12.4 Å². The van der Waals surface area contributed by atoms with Crippen LogP contribution in [0.3, 0.4) is 0 Å². The lowest BCUT2D eigenvalue weighted by atomic mass is 9.86.